The van der Waals surface area contributed by atoms with Crippen LogP contribution in [0.5, 0.6) is 0 Å². The smallest absolute Gasteiger partial charge is 0.316 e. The first-order valence-electron chi connectivity index (χ1n) is 6.16. The van der Waals surface area contributed by atoms with Crippen molar-refractivity contribution in [1.29, 1.82) is 0 Å². The normalized spacial score (nSPS) is 10.9. The molecule has 0 aliphatic rings. The molecule has 0 atom stereocenters. The van der Waals surface area contributed by atoms with Crippen LogP contribution in [-0.2, 0) is 16.1 Å². The summed E-state index contributed by atoms with van der Waals surface area (Å²) in [6.45, 7) is 3.86. The molecule has 1 rings (SSSR count). The van der Waals surface area contributed by atoms with E-state index in [1.807, 2.05) is 18.7 Å². The first kappa shape index (κ1) is 15.8. The molecule has 0 saturated heterocycles. The highest BCUT2D eigenvalue weighted by Gasteiger charge is 2.12. The predicted molar refractivity (Wildman–Crippen MR) is 75.0 cm³/mol. The van der Waals surface area contributed by atoms with Crippen molar-refractivity contribution in [2.45, 2.75) is 25.0 Å². The van der Waals surface area contributed by atoms with Crippen molar-refractivity contribution in [2.75, 3.05) is 38.7 Å². The Morgan fingerprint density at radius 1 is 1.47 bits per heavy atom. The highest BCUT2D eigenvalue weighted by Crippen LogP contribution is 2.18. The van der Waals surface area contributed by atoms with Crippen LogP contribution in [0.1, 0.15) is 13.3 Å². The molecule has 0 spiro atoms. The molecule has 0 aliphatic heterocycles. The van der Waals surface area contributed by atoms with Crippen molar-refractivity contribution in [1.82, 2.24) is 19.7 Å². The Kier molecular flexibility index (Phi) is 6.65. The molecular formula is C11H21N5O2S. The minimum absolute atomic E-state index is 0.222. The maximum absolute atomic E-state index is 11.3. The van der Waals surface area contributed by atoms with E-state index in [9.17, 15) is 4.79 Å². The van der Waals surface area contributed by atoms with Crippen molar-refractivity contribution < 1.29 is 9.53 Å². The highest BCUT2D eigenvalue weighted by atomic mass is 32.2. The van der Waals surface area contributed by atoms with E-state index in [1.54, 1.807) is 6.92 Å². The third-order valence-corrected chi connectivity index (χ3v) is 3.30. The van der Waals surface area contributed by atoms with Gasteiger partial charge in [-0.05, 0) is 34.0 Å². The number of hydrogen-bond acceptors (Lipinski definition) is 7. The fourth-order valence-corrected chi connectivity index (χ4v) is 2.26. The molecule has 0 unspecified atom stereocenters. The molecule has 1 aromatic heterocycles. The zero-order valence-electron chi connectivity index (χ0n) is 11.6. The number of thioether (sulfide) groups is 1. The van der Waals surface area contributed by atoms with Gasteiger partial charge in [-0.25, -0.2) is 0 Å². The lowest BCUT2D eigenvalue weighted by Gasteiger charge is -2.11. The van der Waals surface area contributed by atoms with Gasteiger partial charge in [0.15, 0.2) is 5.16 Å². The first-order valence-corrected chi connectivity index (χ1v) is 7.15. The number of carbonyl (C=O) groups excluding carboxylic acids is 1. The Morgan fingerprint density at radius 2 is 2.21 bits per heavy atom. The summed E-state index contributed by atoms with van der Waals surface area (Å²) < 4.78 is 6.69. The number of nitrogens with zero attached hydrogens (tertiary/aromatic N) is 4. The highest BCUT2D eigenvalue weighted by molar-refractivity contribution is 7.99. The Balaban J connectivity index is 2.51. The lowest BCUT2D eigenvalue weighted by Crippen LogP contribution is -2.16. The first-order chi connectivity index (χ1) is 9.04. The van der Waals surface area contributed by atoms with Crippen molar-refractivity contribution in [3.05, 3.63) is 0 Å². The molecular weight excluding hydrogens is 266 g/mol. The molecule has 0 bridgehead atoms. The van der Waals surface area contributed by atoms with Gasteiger partial charge >= 0.3 is 5.97 Å². The lowest BCUT2D eigenvalue weighted by atomic mass is 10.4. The van der Waals surface area contributed by atoms with Crippen LogP contribution in [0, 0.1) is 0 Å². The quantitative estimate of drug-likeness (QED) is 0.549. The van der Waals surface area contributed by atoms with Crippen molar-refractivity contribution in [3.8, 4) is 0 Å². The summed E-state index contributed by atoms with van der Waals surface area (Å²) in [5, 5.41) is 8.47. The maximum Gasteiger partial charge on any atom is 0.316 e. The van der Waals surface area contributed by atoms with Gasteiger partial charge in [-0.3, -0.25) is 9.36 Å². The van der Waals surface area contributed by atoms with Crippen molar-refractivity contribution in [3.63, 3.8) is 0 Å². The van der Waals surface area contributed by atoms with E-state index in [2.05, 4.69) is 15.1 Å². The van der Waals surface area contributed by atoms with E-state index >= 15 is 0 Å². The number of anilines is 1. The Bertz CT molecular complexity index is 408. The average molecular weight is 287 g/mol. The second-order valence-electron chi connectivity index (χ2n) is 4.24. The van der Waals surface area contributed by atoms with E-state index in [4.69, 9.17) is 10.5 Å². The summed E-state index contributed by atoms with van der Waals surface area (Å²) in [7, 11) is 4.04. The monoisotopic (exact) mass is 287 g/mol. The fraction of sp³-hybridized carbons (Fsp3) is 0.727. The molecule has 2 N–H and O–H groups in total. The minimum atomic E-state index is -0.256. The van der Waals surface area contributed by atoms with Gasteiger partial charge in [0.05, 0.1) is 12.4 Å². The standard InChI is InChI=1S/C11H21N5O2S/c1-4-18-9(17)8-19-11-14-13-10(12)16(11)7-5-6-15(2)3/h4-8H2,1-3H3,(H2,12,13). The van der Waals surface area contributed by atoms with E-state index in [1.165, 1.54) is 11.8 Å². The Morgan fingerprint density at radius 3 is 2.84 bits per heavy atom. The third kappa shape index (κ3) is 5.48. The van der Waals surface area contributed by atoms with Gasteiger partial charge in [0, 0.05) is 6.54 Å². The number of esters is 1. The van der Waals surface area contributed by atoms with Crippen LogP contribution in [0.15, 0.2) is 5.16 Å². The van der Waals surface area contributed by atoms with E-state index in [0.29, 0.717) is 17.7 Å². The number of nitrogens with two attached hydrogens (primary N) is 1. The lowest BCUT2D eigenvalue weighted by molar-refractivity contribution is -0.139. The Labute approximate surface area is 117 Å². The molecule has 0 amide bonds. The second-order valence-corrected chi connectivity index (χ2v) is 5.19. The van der Waals surface area contributed by atoms with Gasteiger partial charge in [-0.1, -0.05) is 11.8 Å². The van der Waals surface area contributed by atoms with Crippen LogP contribution in [0.2, 0.25) is 0 Å². The van der Waals surface area contributed by atoms with Gasteiger partial charge < -0.3 is 15.4 Å². The average Bonchev–Trinajstić information content (AvgIpc) is 2.68. The van der Waals surface area contributed by atoms with Crippen LogP contribution in [0.25, 0.3) is 0 Å². The minimum Gasteiger partial charge on any atom is -0.465 e. The van der Waals surface area contributed by atoms with Crippen LogP contribution < -0.4 is 5.73 Å². The number of nitrogen functional groups attached to an aromatic ring is 1. The molecule has 1 aromatic rings. The molecule has 7 nitrogen and oxygen atoms in total. The molecule has 0 fully saturated rings. The Hall–Kier alpha value is -1.28. The molecule has 0 radical (unpaired) electrons. The number of ether oxygens (including phenoxy) is 1. The van der Waals surface area contributed by atoms with Gasteiger partial charge in [-0.2, -0.15) is 0 Å². The fourth-order valence-electron chi connectivity index (χ4n) is 1.49. The topological polar surface area (TPSA) is 86.3 Å². The molecule has 8 heteroatoms. The number of hydrogen-bond donors (Lipinski definition) is 1. The van der Waals surface area contributed by atoms with E-state index < -0.39 is 0 Å². The number of carbonyl (C=O) groups is 1. The number of aromatic nitrogens is 3. The summed E-state index contributed by atoms with van der Waals surface area (Å²) in [5.74, 6) is 0.346. The van der Waals surface area contributed by atoms with Crippen LogP contribution in [0.3, 0.4) is 0 Å². The van der Waals surface area contributed by atoms with Gasteiger partial charge in [0.25, 0.3) is 0 Å². The summed E-state index contributed by atoms with van der Waals surface area (Å²) >= 11 is 1.30. The van der Waals surface area contributed by atoms with Crippen LogP contribution in [-0.4, -0.2) is 58.6 Å². The van der Waals surface area contributed by atoms with Gasteiger partial charge in [-0.15, -0.1) is 10.2 Å². The number of rotatable bonds is 8. The van der Waals surface area contributed by atoms with Gasteiger partial charge in [0.1, 0.15) is 0 Å². The molecule has 0 saturated carbocycles. The summed E-state index contributed by atoms with van der Waals surface area (Å²) in [6, 6.07) is 0. The van der Waals surface area contributed by atoms with E-state index in [-0.39, 0.29) is 11.7 Å². The summed E-state index contributed by atoms with van der Waals surface area (Å²) in [4.78, 5) is 13.4. The summed E-state index contributed by atoms with van der Waals surface area (Å²) in [5.41, 5.74) is 5.77. The molecule has 108 valence electrons. The zero-order chi connectivity index (χ0) is 14.3. The van der Waals surface area contributed by atoms with Crippen LogP contribution in [0.4, 0.5) is 5.95 Å². The predicted octanol–water partition coefficient (Wildman–Crippen LogP) is 0.467. The second kappa shape index (κ2) is 8.00. The van der Waals surface area contributed by atoms with E-state index in [0.717, 1.165) is 19.5 Å². The molecule has 19 heavy (non-hydrogen) atoms. The summed E-state index contributed by atoms with van der Waals surface area (Å²) in [6.07, 6.45) is 0.947. The molecule has 0 aromatic carbocycles. The van der Waals surface area contributed by atoms with Crippen molar-refractivity contribution in [2.24, 2.45) is 0 Å². The SMILES string of the molecule is CCOC(=O)CSc1nnc(N)n1CCCN(C)C. The van der Waals surface area contributed by atoms with Gasteiger partial charge in [0.2, 0.25) is 5.95 Å². The molecule has 0 aliphatic carbocycles. The maximum atomic E-state index is 11.3. The third-order valence-electron chi connectivity index (χ3n) is 2.36. The largest absolute Gasteiger partial charge is 0.465 e. The van der Waals surface area contributed by atoms with Crippen LogP contribution >= 0.6 is 11.8 Å². The van der Waals surface area contributed by atoms with Crippen molar-refractivity contribution >= 4 is 23.7 Å². The molecule has 1 heterocycles. The zero-order valence-corrected chi connectivity index (χ0v) is 12.4.